The van der Waals surface area contributed by atoms with Gasteiger partial charge in [-0.3, -0.25) is 9.59 Å². The molecule has 0 aromatic heterocycles. The van der Waals surface area contributed by atoms with Crippen molar-refractivity contribution in [1.29, 1.82) is 0 Å². The highest BCUT2D eigenvalue weighted by molar-refractivity contribution is 9.10. The summed E-state index contributed by atoms with van der Waals surface area (Å²) in [5.41, 5.74) is 0.918. The standard InChI is InChI=1S/C15H19BrN2O4/c1-10(19)18-13(8-11-6-4-5-7-12(11)16)15(20)17-9-14(21-2)22-3/h4-8,14H,9H2,1-3H3,(H,17,20)(H,18,19)/b13-8+. The van der Waals surface area contributed by atoms with Crippen molar-refractivity contribution in [2.24, 2.45) is 0 Å². The van der Waals surface area contributed by atoms with Gasteiger partial charge in [0, 0.05) is 25.6 Å². The summed E-state index contributed by atoms with van der Waals surface area (Å²) in [5, 5.41) is 5.17. The number of methoxy groups -OCH3 is 2. The third-order valence-corrected chi connectivity index (χ3v) is 3.44. The molecule has 1 aromatic carbocycles. The van der Waals surface area contributed by atoms with Gasteiger partial charge in [0.05, 0.1) is 6.54 Å². The molecule has 0 bridgehead atoms. The van der Waals surface area contributed by atoms with Gasteiger partial charge in [-0.1, -0.05) is 34.1 Å². The molecule has 0 saturated heterocycles. The zero-order chi connectivity index (χ0) is 16.5. The van der Waals surface area contributed by atoms with E-state index in [9.17, 15) is 9.59 Å². The van der Waals surface area contributed by atoms with E-state index in [4.69, 9.17) is 9.47 Å². The van der Waals surface area contributed by atoms with E-state index in [1.165, 1.54) is 21.1 Å². The Bertz CT molecular complexity index is 556. The molecule has 1 aromatic rings. The topological polar surface area (TPSA) is 76.7 Å². The first-order valence-corrected chi connectivity index (χ1v) is 7.34. The van der Waals surface area contributed by atoms with Crippen LogP contribution in [0, 0.1) is 0 Å². The zero-order valence-corrected chi connectivity index (χ0v) is 14.3. The van der Waals surface area contributed by atoms with Gasteiger partial charge in [0.2, 0.25) is 5.91 Å². The summed E-state index contributed by atoms with van der Waals surface area (Å²) in [7, 11) is 2.96. The molecule has 0 saturated carbocycles. The van der Waals surface area contributed by atoms with Gasteiger partial charge < -0.3 is 20.1 Å². The molecular weight excluding hydrogens is 352 g/mol. The van der Waals surface area contributed by atoms with Crippen molar-refractivity contribution in [3.8, 4) is 0 Å². The molecular formula is C15H19BrN2O4. The molecule has 2 amide bonds. The Hall–Kier alpha value is -1.70. The number of hydrogen-bond acceptors (Lipinski definition) is 4. The predicted octanol–water partition coefficient (Wildman–Crippen LogP) is 1.66. The highest BCUT2D eigenvalue weighted by atomic mass is 79.9. The zero-order valence-electron chi connectivity index (χ0n) is 12.7. The van der Waals surface area contributed by atoms with Crippen LogP contribution in [0.25, 0.3) is 6.08 Å². The van der Waals surface area contributed by atoms with Crippen LogP contribution in [0.15, 0.2) is 34.4 Å². The summed E-state index contributed by atoms with van der Waals surface area (Å²) in [6.07, 6.45) is 1.04. The molecule has 1 rings (SSSR count). The van der Waals surface area contributed by atoms with Crippen LogP contribution in [0.5, 0.6) is 0 Å². The Morgan fingerprint density at radius 2 is 1.91 bits per heavy atom. The number of amides is 2. The number of rotatable bonds is 7. The van der Waals surface area contributed by atoms with Gasteiger partial charge in [-0.25, -0.2) is 0 Å². The summed E-state index contributed by atoms with van der Waals surface area (Å²) in [6, 6.07) is 7.38. The minimum absolute atomic E-state index is 0.144. The molecule has 7 heteroatoms. The van der Waals surface area contributed by atoms with Gasteiger partial charge in [0.1, 0.15) is 5.70 Å². The number of carbonyl (C=O) groups is 2. The van der Waals surface area contributed by atoms with Gasteiger partial charge in [0.25, 0.3) is 5.91 Å². The number of halogens is 1. The van der Waals surface area contributed by atoms with E-state index in [-0.39, 0.29) is 18.1 Å². The van der Waals surface area contributed by atoms with Crippen LogP contribution in [-0.4, -0.2) is 38.9 Å². The smallest absolute Gasteiger partial charge is 0.267 e. The lowest BCUT2D eigenvalue weighted by Crippen LogP contribution is -2.38. The Labute approximate surface area is 138 Å². The molecule has 22 heavy (non-hydrogen) atoms. The van der Waals surface area contributed by atoms with Crippen LogP contribution < -0.4 is 10.6 Å². The molecule has 0 aliphatic carbocycles. The third-order valence-electron chi connectivity index (χ3n) is 2.72. The molecule has 0 spiro atoms. The Balaban J connectivity index is 2.90. The van der Waals surface area contributed by atoms with E-state index in [1.54, 1.807) is 6.08 Å². The molecule has 0 unspecified atom stereocenters. The van der Waals surface area contributed by atoms with Crippen LogP contribution in [0.1, 0.15) is 12.5 Å². The average Bonchev–Trinajstić information content (AvgIpc) is 2.49. The molecule has 2 N–H and O–H groups in total. The number of ether oxygens (including phenoxy) is 2. The highest BCUT2D eigenvalue weighted by Gasteiger charge is 2.14. The van der Waals surface area contributed by atoms with E-state index in [2.05, 4.69) is 26.6 Å². The molecule has 6 nitrogen and oxygen atoms in total. The molecule has 120 valence electrons. The van der Waals surface area contributed by atoms with E-state index in [0.29, 0.717) is 0 Å². The number of nitrogens with one attached hydrogen (secondary N) is 2. The van der Waals surface area contributed by atoms with Crippen molar-refractivity contribution in [3.63, 3.8) is 0 Å². The van der Waals surface area contributed by atoms with Crippen molar-refractivity contribution in [2.75, 3.05) is 20.8 Å². The van der Waals surface area contributed by atoms with Crippen LogP contribution >= 0.6 is 15.9 Å². The SMILES string of the molecule is COC(CNC(=O)/C(=C\c1ccccc1Br)NC(C)=O)OC. The Morgan fingerprint density at radius 1 is 1.27 bits per heavy atom. The van der Waals surface area contributed by atoms with Gasteiger partial charge >= 0.3 is 0 Å². The fourth-order valence-corrected chi connectivity index (χ4v) is 2.03. The molecule has 0 radical (unpaired) electrons. The number of carbonyl (C=O) groups excluding carboxylic acids is 2. The normalized spacial score (nSPS) is 11.4. The van der Waals surface area contributed by atoms with E-state index >= 15 is 0 Å². The molecule has 0 aliphatic rings. The third kappa shape index (κ3) is 5.97. The Kier molecular flexibility index (Phi) is 7.79. The molecule has 0 fully saturated rings. The minimum atomic E-state index is -0.550. The lowest BCUT2D eigenvalue weighted by molar-refractivity contribution is -0.126. The molecule has 0 heterocycles. The summed E-state index contributed by atoms with van der Waals surface area (Å²) in [4.78, 5) is 23.5. The van der Waals surface area contributed by atoms with Crippen molar-refractivity contribution in [1.82, 2.24) is 10.6 Å². The highest BCUT2D eigenvalue weighted by Crippen LogP contribution is 2.18. The first-order chi connectivity index (χ1) is 10.5. The minimum Gasteiger partial charge on any atom is -0.354 e. The van der Waals surface area contributed by atoms with Crippen LogP contribution in [-0.2, 0) is 19.1 Å². The summed E-state index contributed by atoms with van der Waals surface area (Å²) in [5.74, 6) is -0.756. The monoisotopic (exact) mass is 370 g/mol. The molecule has 0 aliphatic heterocycles. The van der Waals surface area contributed by atoms with Crippen molar-refractivity contribution >= 4 is 33.8 Å². The van der Waals surface area contributed by atoms with E-state index in [1.807, 2.05) is 24.3 Å². The second-order valence-corrected chi connectivity index (χ2v) is 5.23. The maximum absolute atomic E-state index is 12.2. The first-order valence-electron chi connectivity index (χ1n) is 6.55. The van der Waals surface area contributed by atoms with Crippen molar-refractivity contribution in [2.45, 2.75) is 13.2 Å². The van der Waals surface area contributed by atoms with Crippen LogP contribution in [0.3, 0.4) is 0 Å². The first kappa shape index (κ1) is 18.3. The van der Waals surface area contributed by atoms with Gasteiger partial charge in [-0.05, 0) is 17.7 Å². The largest absolute Gasteiger partial charge is 0.354 e. The lowest BCUT2D eigenvalue weighted by Gasteiger charge is -2.15. The van der Waals surface area contributed by atoms with Crippen molar-refractivity contribution < 1.29 is 19.1 Å². The second kappa shape index (κ2) is 9.34. The van der Waals surface area contributed by atoms with Crippen LogP contribution in [0.2, 0.25) is 0 Å². The average molecular weight is 371 g/mol. The maximum Gasteiger partial charge on any atom is 0.267 e. The predicted molar refractivity (Wildman–Crippen MR) is 86.8 cm³/mol. The lowest BCUT2D eigenvalue weighted by atomic mass is 10.2. The van der Waals surface area contributed by atoms with Crippen molar-refractivity contribution in [3.05, 3.63) is 40.0 Å². The van der Waals surface area contributed by atoms with Gasteiger partial charge in [-0.2, -0.15) is 0 Å². The quantitative estimate of drug-likeness (QED) is 0.565. The fourth-order valence-electron chi connectivity index (χ4n) is 1.63. The fraction of sp³-hybridized carbons (Fsp3) is 0.333. The number of benzene rings is 1. The summed E-state index contributed by atoms with van der Waals surface area (Å²) >= 11 is 3.40. The van der Waals surface area contributed by atoms with Crippen LogP contribution in [0.4, 0.5) is 0 Å². The summed E-state index contributed by atoms with van der Waals surface area (Å²) in [6.45, 7) is 1.51. The van der Waals surface area contributed by atoms with E-state index in [0.717, 1.165) is 10.0 Å². The summed E-state index contributed by atoms with van der Waals surface area (Å²) < 4.78 is 10.8. The van der Waals surface area contributed by atoms with E-state index < -0.39 is 12.2 Å². The Morgan fingerprint density at radius 3 is 2.45 bits per heavy atom. The second-order valence-electron chi connectivity index (χ2n) is 4.37. The van der Waals surface area contributed by atoms with Gasteiger partial charge in [-0.15, -0.1) is 0 Å². The molecule has 0 atom stereocenters. The van der Waals surface area contributed by atoms with Gasteiger partial charge in [0.15, 0.2) is 6.29 Å². The number of hydrogen-bond donors (Lipinski definition) is 2. The maximum atomic E-state index is 12.2.